The van der Waals surface area contributed by atoms with Crippen LogP contribution in [0.15, 0.2) is 0 Å². The average molecular weight is 314 g/mol. The minimum absolute atomic E-state index is 0.111. The summed E-state index contributed by atoms with van der Waals surface area (Å²) in [4.78, 5) is 8.86. The molecule has 1 aliphatic heterocycles. The Morgan fingerprint density at radius 3 is 2.32 bits per heavy atom. The van der Waals surface area contributed by atoms with Crippen LogP contribution in [0.5, 0.6) is 0 Å². The highest BCUT2D eigenvalue weighted by Gasteiger charge is 2.29. The van der Waals surface area contributed by atoms with Crippen LogP contribution in [0.4, 0.5) is 29.1 Å². The molecule has 3 rings (SSSR count). The van der Waals surface area contributed by atoms with Gasteiger partial charge in [0, 0.05) is 13.1 Å². The lowest BCUT2D eigenvalue weighted by molar-refractivity contribution is 0.275. The Kier molecular flexibility index (Phi) is 3.54. The number of aromatic nitrogens is 2. The van der Waals surface area contributed by atoms with Crippen molar-refractivity contribution in [3.05, 3.63) is 23.3 Å². The van der Waals surface area contributed by atoms with Crippen LogP contribution in [0.1, 0.15) is 18.7 Å². The van der Waals surface area contributed by atoms with Gasteiger partial charge in [-0.25, -0.2) is 27.5 Å². The summed E-state index contributed by atoms with van der Waals surface area (Å²) in [5.74, 6) is -3.79. The highest BCUT2D eigenvalue weighted by Crippen LogP contribution is 2.35. The van der Waals surface area contributed by atoms with E-state index in [4.69, 9.17) is 5.73 Å². The number of anilines is 2. The van der Waals surface area contributed by atoms with E-state index in [0.717, 1.165) is 0 Å². The molecular weight excluding hydrogens is 300 g/mol. The molecule has 0 spiro atoms. The maximum absolute atomic E-state index is 14.7. The maximum Gasteiger partial charge on any atom is 0.186 e. The largest absolute Gasteiger partial charge is 0.383 e. The van der Waals surface area contributed by atoms with E-state index in [2.05, 4.69) is 9.97 Å². The van der Waals surface area contributed by atoms with Gasteiger partial charge in [0.2, 0.25) is 0 Å². The Morgan fingerprint density at radius 1 is 1.05 bits per heavy atom. The van der Waals surface area contributed by atoms with Gasteiger partial charge in [-0.2, -0.15) is 0 Å². The van der Waals surface area contributed by atoms with Crippen molar-refractivity contribution >= 4 is 22.4 Å². The van der Waals surface area contributed by atoms with E-state index in [0.29, 0.717) is 0 Å². The Hall–Kier alpha value is -2.12. The highest BCUT2D eigenvalue weighted by molar-refractivity contribution is 5.92. The van der Waals surface area contributed by atoms with E-state index in [-0.39, 0.29) is 43.1 Å². The van der Waals surface area contributed by atoms with Crippen molar-refractivity contribution in [2.24, 2.45) is 0 Å². The summed E-state index contributed by atoms with van der Waals surface area (Å²) in [7, 11) is 0. The van der Waals surface area contributed by atoms with Crippen LogP contribution in [-0.2, 0) is 0 Å². The van der Waals surface area contributed by atoms with E-state index < -0.39 is 34.7 Å². The highest BCUT2D eigenvalue weighted by atomic mass is 19.2. The van der Waals surface area contributed by atoms with Crippen LogP contribution in [-0.4, -0.2) is 29.2 Å². The molecule has 0 atom stereocenters. The number of alkyl halides is 1. The fourth-order valence-electron chi connectivity index (χ4n) is 2.74. The van der Waals surface area contributed by atoms with Gasteiger partial charge in [-0.05, 0) is 19.8 Å². The predicted molar refractivity (Wildman–Crippen MR) is 74.9 cm³/mol. The number of fused-ring (bicyclic) bond motifs is 1. The van der Waals surface area contributed by atoms with Crippen LogP contribution in [0.2, 0.25) is 0 Å². The molecule has 0 bridgehead atoms. The van der Waals surface area contributed by atoms with Gasteiger partial charge in [0.1, 0.15) is 29.0 Å². The van der Waals surface area contributed by atoms with Crippen molar-refractivity contribution in [3.8, 4) is 0 Å². The second-order valence-electron chi connectivity index (χ2n) is 5.33. The lowest BCUT2D eigenvalue weighted by atomic mass is 10.1. The molecule has 1 aliphatic rings. The van der Waals surface area contributed by atoms with Crippen LogP contribution >= 0.6 is 0 Å². The third-order valence-corrected chi connectivity index (χ3v) is 3.83. The van der Waals surface area contributed by atoms with Gasteiger partial charge in [0.15, 0.2) is 17.5 Å². The summed E-state index contributed by atoms with van der Waals surface area (Å²) >= 11 is 0. The molecule has 0 saturated carbocycles. The molecule has 0 unspecified atom stereocenters. The van der Waals surface area contributed by atoms with Crippen molar-refractivity contribution in [1.29, 1.82) is 0 Å². The first kappa shape index (κ1) is 14.8. The lowest BCUT2D eigenvalue weighted by Crippen LogP contribution is -2.35. The molecule has 118 valence electrons. The Bertz CT molecular complexity index is 742. The fraction of sp³-hybridized carbons (Fsp3) is 0.429. The van der Waals surface area contributed by atoms with Gasteiger partial charge in [-0.15, -0.1) is 0 Å². The molecule has 0 amide bonds. The zero-order chi connectivity index (χ0) is 16.0. The molecular formula is C14H14F4N4. The van der Waals surface area contributed by atoms with E-state index >= 15 is 0 Å². The molecule has 0 aliphatic carbocycles. The SMILES string of the molecule is Cc1nc(N)c2c(F)c(F)c(N3CCC(F)CC3)c(F)c2n1. The quantitative estimate of drug-likeness (QED) is 0.649. The summed E-state index contributed by atoms with van der Waals surface area (Å²) in [6.07, 6.45) is -0.722. The first-order valence-electron chi connectivity index (χ1n) is 6.89. The molecule has 22 heavy (non-hydrogen) atoms. The van der Waals surface area contributed by atoms with E-state index in [1.807, 2.05) is 0 Å². The Morgan fingerprint density at radius 2 is 1.68 bits per heavy atom. The number of halogens is 4. The monoisotopic (exact) mass is 314 g/mol. The lowest BCUT2D eigenvalue weighted by Gasteiger charge is -2.31. The summed E-state index contributed by atoms with van der Waals surface area (Å²) in [6.45, 7) is 1.70. The molecule has 1 fully saturated rings. The van der Waals surface area contributed by atoms with Crippen molar-refractivity contribution in [2.45, 2.75) is 25.9 Å². The van der Waals surface area contributed by atoms with Crippen molar-refractivity contribution in [3.63, 3.8) is 0 Å². The zero-order valence-electron chi connectivity index (χ0n) is 11.8. The minimum Gasteiger partial charge on any atom is -0.383 e. The first-order chi connectivity index (χ1) is 10.4. The topological polar surface area (TPSA) is 55.0 Å². The van der Waals surface area contributed by atoms with Crippen LogP contribution in [0.3, 0.4) is 0 Å². The Labute approximate surface area is 123 Å². The smallest absolute Gasteiger partial charge is 0.186 e. The molecule has 4 nitrogen and oxygen atoms in total. The number of nitrogens with zero attached hydrogens (tertiary/aromatic N) is 3. The van der Waals surface area contributed by atoms with Crippen LogP contribution in [0.25, 0.3) is 10.9 Å². The molecule has 2 aromatic rings. The molecule has 2 heterocycles. The van der Waals surface area contributed by atoms with E-state index in [9.17, 15) is 17.6 Å². The third kappa shape index (κ3) is 2.22. The van der Waals surface area contributed by atoms with Gasteiger partial charge in [0.25, 0.3) is 0 Å². The van der Waals surface area contributed by atoms with E-state index in [1.54, 1.807) is 0 Å². The minimum atomic E-state index is -1.35. The standard InChI is InChI=1S/C14H14F4N4/c1-6-20-12-8(14(19)21-6)9(16)10(17)13(11(12)18)22-4-2-7(15)3-5-22/h7H,2-5H2,1H3,(H2,19,20,21). The number of piperidine rings is 1. The molecule has 8 heteroatoms. The fourth-order valence-corrected chi connectivity index (χ4v) is 2.74. The molecule has 1 aromatic carbocycles. The first-order valence-corrected chi connectivity index (χ1v) is 6.89. The number of nitrogen functional groups attached to an aromatic ring is 1. The van der Waals surface area contributed by atoms with Crippen LogP contribution < -0.4 is 10.6 Å². The number of benzene rings is 1. The van der Waals surface area contributed by atoms with Crippen molar-refractivity contribution in [1.82, 2.24) is 9.97 Å². The van der Waals surface area contributed by atoms with Gasteiger partial charge in [-0.3, -0.25) is 0 Å². The van der Waals surface area contributed by atoms with Crippen molar-refractivity contribution < 1.29 is 17.6 Å². The van der Waals surface area contributed by atoms with Gasteiger partial charge >= 0.3 is 0 Å². The number of rotatable bonds is 1. The average Bonchev–Trinajstić information content (AvgIpc) is 2.46. The zero-order valence-corrected chi connectivity index (χ0v) is 11.8. The molecule has 0 radical (unpaired) electrons. The summed E-state index contributed by atoms with van der Waals surface area (Å²) < 4.78 is 56.4. The summed E-state index contributed by atoms with van der Waals surface area (Å²) in [5.41, 5.74) is 4.68. The van der Waals surface area contributed by atoms with Gasteiger partial charge in [-0.1, -0.05) is 0 Å². The van der Waals surface area contributed by atoms with Crippen LogP contribution in [0, 0.1) is 24.4 Å². The van der Waals surface area contributed by atoms with Gasteiger partial charge < -0.3 is 10.6 Å². The summed E-state index contributed by atoms with van der Waals surface area (Å²) in [6, 6.07) is 0. The number of hydrogen-bond acceptors (Lipinski definition) is 4. The van der Waals surface area contributed by atoms with Gasteiger partial charge in [0.05, 0.1) is 5.39 Å². The second kappa shape index (κ2) is 5.26. The number of hydrogen-bond donors (Lipinski definition) is 1. The predicted octanol–water partition coefficient (Wildman–Crippen LogP) is 2.88. The normalized spacial score (nSPS) is 16.5. The number of nitrogens with two attached hydrogens (primary N) is 1. The third-order valence-electron chi connectivity index (χ3n) is 3.83. The van der Waals surface area contributed by atoms with Crippen molar-refractivity contribution in [2.75, 3.05) is 23.7 Å². The summed E-state index contributed by atoms with van der Waals surface area (Å²) in [5, 5.41) is -0.468. The Balaban J connectivity index is 2.23. The second-order valence-corrected chi connectivity index (χ2v) is 5.33. The van der Waals surface area contributed by atoms with E-state index in [1.165, 1.54) is 11.8 Å². The molecule has 2 N–H and O–H groups in total. The molecule has 1 aromatic heterocycles. The maximum atomic E-state index is 14.7. The number of aryl methyl sites for hydroxylation is 1. The molecule has 1 saturated heterocycles.